The molecule has 0 fully saturated rings. The van der Waals surface area contributed by atoms with Crippen molar-refractivity contribution >= 4 is 68.1 Å². The van der Waals surface area contributed by atoms with E-state index in [2.05, 4.69) is 10.3 Å². The first-order valence-corrected chi connectivity index (χ1v) is 13.7. The van der Waals surface area contributed by atoms with Crippen LogP contribution in [0, 0.1) is 0 Å². The van der Waals surface area contributed by atoms with Gasteiger partial charge in [0.1, 0.15) is 10.6 Å². The minimum absolute atomic E-state index is 0.0480. The Morgan fingerprint density at radius 1 is 1.18 bits per heavy atom. The fourth-order valence-electron chi connectivity index (χ4n) is 2.91. The smallest absolute Gasteiger partial charge is 0.269 e. The number of carbonyl (C=O) groups excluding carboxylic acids is 1. The van der Waals surface area contributed by atoms with Crippen LogP contribution in [0.4, 0.5) is 5.69 Å². The summed E-state index contributed by atoms with van der Waals surface area (Å²) in [7, 11) is -1.82. The Morgan fingerprint density at radius 3 is 2.53 bits per heavy atom. The number of benzene rings is 2. The number of carbonyl (C=O) groups is 1. The molecule has 4 rings (SSSR count). The first-order chi connectivity index (χ1) is 16.3. The number of hydrogen-bond acceptors (Lipinski definition) is 8. The van der Waals surface area contributed by atoms with Gasteiger partial charge in [-0.25, -0.2) is 13.4 Å². The fraction of sp³-hybridized carbons (Fsp3) is 0.136. The molecule has 1 aromatic heterocycles. The summed E-state index contributed by atoms with van der Waals surface area (Å²) in [6, 6.07) is 13.4. The topological polar surface area (TPSA) is 110 Å². The van der Waals surface area contributed by atoms with Crippen LogP contribution in [0.15, 0.2) is 79.2 Å². The van der Waals surface area contributed by atoms with Crippen molar-refractivity contribution in [1.29, 1.82) is 0 Å². The van der Waals surface area contributed by atoms with Gasteiger partial charge in [0.05, 0.1) is 21.0 Å². The molecule has 8 nitrogen and oxygen atoms in total. The normalized spacial score (nSPS) is 13.3. The van der Waals surface area contributed by atoms with Gasteiger partial charge in [-0.05, 0) is 55.1 Å². The van der Waals surface area contributed by atoms with Gasteiger partial charge in [0.25, 0.3) is 15.6 Å². The van der Waals surface area contributed by atoms with Gasteiger partial charge in [-0.2, -0.15) is 0 Å². The van der Waals surface area contributed by atoms with Crippen molar-refractivity contribution in [3.63, 3.8) is 0 Å². The van der Waals surface area contributed by atoms with Gasteiger partial charge in [0.15, 0.2) is 0 Å². The Balaban J connectivity index is 0.000000215. The molecule has 0 unspecified atom stereocenters. The number of amides is 1. The molecule has 12 heteroatoms. The predicted octanol–water partition coefficient (Wildman–Crippen LogP) is 4.27. The Bertz CT molecular complexity index is 1420. The highest BCUT2D eigenvalue weighted by Gasteiger charge is 2.20. The lowest BCUT2D eigenvalue weighted by molar-refractivity contribution is -0.108. The molecule has 178 valence electrons. The standard InChI is InChI=1S/C16H15N3OS.C6H6ClNO3S2/c1-17-11-3-5-12(6-4-11)19-10-18-15-8-7-13(21-2)9-14(15)16(19)20;7-5-2-1-3-6(12-5)13(10,11)8-4-9/h3-10,17H,1-2H3;2-4H,1H2,(H,8,9). The van der Waals surface area contributed by atoms with E-state index in [1.165, 1.54) is 6.08 Å². The molecule has 0 saturated carbocycles. The quantitative estimate of drug-likeness (QED) is 0.355. The molecule has 2 heterocycles. The summed E-state index contributed by atoms with van der Waals surface area (Å²) < 4.78 is 26.2. The second-order valence-corrected chi connectivity index (χ2v) is 11.2. The molecule has 1 aliphatic rings. The van der Waals surface area contributed by atoms with E-state index < -0.39 is 10.0 Å². The van der Waals surface area contributed by atoms with E-state index in [9.17, 15) is 18.0 Å². The summed E-state index contributed by atoms with van der Waals surface area (Å²) in [5, 5.41) is 3.70. The van der Waals surface area contributed by atoms with Crippen molar-refractivity contribution < 1.29 is 13.2 Å². The molecule has 2 N–H and O–H groups in total. The highest BCUT2D eigenvalue weighted by Crippen LogP contribution is 2.35. The minimum atomic E-state index is -3.69. The van der Waals surface area contributed by atoms with E-state index in [4.69, 9.17) is 11.6 Å². The summed E-state index contributed by atoms with van der Waals surface area (Å²) in [5.74, 6) is 0. The second-order valence-electron chi connectivity index (χ2n) is 6.71. The van der Waals surface area contributed by atoms with Crippen molar-refractivity contribution in [2.45, 2.75) is 11.3 Å². The van der Waals surface area contributed by atoms with E-state index in [1.807, 2.05) is 55.8 Å². The molecule has 0 bridgehead atoms. The maximum absolute atomic E-state index is 12.6. The predicted molar refractivity (Wildman–Crippen MR) is 141 cm³/mol. The summed E-state index contributed by atoms with van der Waals surface area (Å²) >= 11 is 8.15. The molecule has 0 saturated heterocycles. The van der Waals surface area contributed by atoms with Crippen LogP contribution >= 0.6 is 35.1 Å². The lowest BCUT2D eigenvalue weighted by Crippen LogP contribution is -2.22. The van der Waals surface area contributed by atoms with E-state index >= 15 is 0 Å². The number of sulfonamides is 1. The van der Waals surface area contributed by atoms with Crippen LogP contribution in [-0.4, -0.2) is 37.7 Å². The summed E-state index contributed by atoms with van der Waals surface area (Å²) in [5.41, 5.74) is 2.49. The van der Waals surface area contributed by atoms with Crippen LogP contribution < -0.4 is 15.6 Å². The summed E-state index contributed by atoms with van der Waals surface area (Å²) in [4.78, 5) is 28.1. The number of rotatable bonds is 6. The number of aromatic nitrogens is 2. The highest BCUT2D eigenvalue weighted by atomic mass is 35.5. The number of halogens is 1. The molecule has 2 aromatic carbocycles. The third-order valence-electron chi connectivity index (χ3n) is 4.63. The zero-order valence-corrected chi connectivity index (χ0v) is 21.4. The van der Waals surface area contributed by atoms with E-state index in [0.29, 0.717) is 16.2 Å². The van der Waals surface area contributed by atoms with Crippen molar-refractivity contribution in [2.75, 3.05) is 18.6 Å². The lowest BCUT2D eigenvalue weighted by atomic mass is 10.2. The van der Waals surface area contributed by atoms with Crippen LogP contribution in [0.5, 0.6) is 0 Å². The first-order valence-electron chi connectivity index (χ1n) is 9.82. The van der Waals surface area contributed by atoms with Gasteiger partial charge in [-0.1, -0.05) is 35.5 Å². The Hall–Kier alpha value is -2.73. The van der Waals surface area contributed by atoms with Crippen molar-refractivity contribution in [2.24, 2.45) is 0 Å². The zero-order valence-electron chi connectivity index (χ0n) is 18.2. The molecular formula is C22H21ClN4O4S3. The summed E-state index contributed by atoms with van der Waals surface area (Å²) in [6.45, 7) is 0. The molecular weight excluding hydrogens is 516 g/mol. The van der Waals surface area contributed by atoms with Crippen LogP contribution in [0.3, 0.4) is 0 Å². The minimum Gasteiger partial charge on any atom is -0.388 e. The van der Waals surface area contributed by atoms with Crippen molar-refractivity contribution in [1.82, 2.24) is 14.3 Å². The fourth-order valence-corrected chi connectivity index (χ4v) is 5.79. The lowest BCUT2D eigenvalue weighted by Gasteiger charge is -2.09. The van der Waals surface area contributed by atoms with E-state index in [-0.39, 0.29) is 16.2 Å². The maximum Gasteiger partial charge on any atom is 0.269 e. The Labute approximate surface area is 210 Å². The number of anilines is 1. The molecule has 0 spiro atoms. The Morgan fingerprint density at radius 2 is 1.91 bits per heavy atom. The summed E-state index contributed by atoms with van der Waals surface area (Å²) in [6.07, 6.45) is 7.34. The molecule has 3 aromatic rings. The molecule has 0 atom stereocenters. The van der Waals surface area contributed by atoms with E-state index in [0.717, 1.165) is 33.5 Å². The zero-order chi connectivity index (χ0) is 24.7. The molecule has 0 radical (unpaired) electrons. The number of hydrogen-bond donors (Lipinski definition) is 2. The SMILES string of the molecule is CNc1ccc(-n2cnc3ccc(SC)cc3c2=O)cc1.O=CNS(=O)(=O)C1=CCC=C(Cl)S1. The van der Waals surface area contributed by atoms with Crippen LogP contribution in [0.2, 0.25) is 0 Å². The number of nitrogens with one attached hydrogen (secondary N) is 2. The maximum atomic E-state index is 12.6. The van der Waals surface area contributed by atoms with E-state index in [1.54, 1.807) is 33.5 Å². The number of fused-ring (bicyclic) bond motifs is 1. The average molecular weight is 537 g/mol. The largest absolute Gasteiger partial charge is 0.388 e. The van der Waals surface area contributed by atoms with Crippen molar-refractivity contribution in [3.05, 3.63) is 79.9 Å². The first kappa shape index (κ1) is 25.9. The number of allylic oxidation sites excluding steroid dienone is 2. The number of thioether (sulfide) groups is 2. The highest BCUT2D eigenvalue weighted by molar-refractivity contribution is 8.21. The van der Waals surface area contributed by atoms with Gasteiger partial charge in [0.2, 0.25) is 6.41 Å². The van der Waals surface area contributed by atoms with Crippen LogP contribution in [-0.2, 0) is 14.8 Å². The van der Waals surface area contributed by atoms with Crippen LogP contribution in [0.1, 0.15) is 6.42 Å². The van der Waals surface area contributed by atoms with Gasteiger partial charge in [0, 0.05) is 17.6 Å². The molecule has 34 heavy (non-hydrogen) atoms. The van der Waals surface area contributed by atoms with Crippen molar-refractivity contribution in [3.8, 4) is 5.69 Å². The average Bonchev–Trinajstić information content (AvgIpc) is 2.85. The van der Waals surface area contributed by atoms with Gasteiger partial charge in [-0.3, -0.25) is 18.9 Å². The van der Waals surface area contributed by atoms with Gasteiger partial charge < -0.3 is 5.32 Å². The third-order valence-corrected chi connectivity index (χ3v) is 8.48. The molecule has 0 aliphatic carbocycles. The van der Waals surface area contributed by atoms with Gasteiger partial charge in [-0.15, -0.1) is 11.8 Å². The Kier molecular flexibility index (Phi) is 8.84. The monoisotopic (exact) mass is 536 g/mol. The molecule has 1 amide bonds. The second kappa shape index (κ2) is 11.6. The third kappa shape index (κ3) is 6.23. The molecule has 1 aliphatic heterocycles. The van der Waals surface area contributed by atoms with Gasteiger partial charge >= 0.3 is 0 Å². The number of nitrogens with zero attached hydrogens (tertiary/aromatic N) is 2. The van der Waals surface area contributed by atoms with Crippen LogP contribution in [0.25, 0.3) is 16.6 Å².